The van der Waals surface area contributed by atoms with Crippen molar-refractivity contribution in [1.29, 1.82) is 0 Å². The average Bonchev–Trinajstić information content (AvgIpc) is 3.06. The van der Waals surface area contributed by atoms with Gasteiger partial charge >= 0.3 is 0 Å². The molecule has 0 saturated heterocycles. The van der Waals surface area contributed by atoms with Gasteiger partial charge in [-0.15, -0.1) is 5.10 Å². The zero-order valence-corrected chi connectivity index (χ0v) is 15.2. The van der Waals surface area contributed by atoms with E-state index in [1.807, 2.05) is 48.5 Å². The zero-order valence-electron chi connectivity index (χ0n) is 14.4. The second kappa shape index (κ2) is 8.15. The summed E-state index contributed by atoms with van der Waals surface area (Å²) in [6, 6.07) is 15.1. The molecule has 0 N–H and O–H groups in total. The van der Waals surface area contributed by atoms with Crippen LogP contribution < -0.4 is 0 Å². The van der Waals surface area contributed by atoms with Gasteiger partial charge in [0, 0.05) is 25.0 Å². The van der Waals surface area contributed by atoms with Crippen LogP contribution in [0.5, 0.6) is 0 Å². The largest absolute Gasteiger partial charge is 0.261 e. The summed E-state index contributed by atoms with van der Waals surface area (Å²) in [4.78, 5) is 4.27. The summed E-state index contributed by atoms with van der Waals surface area (Å²) in [5.74, 6) is 0.650. The Hall–Kier alpha value is -2.65. The average molecular weight is 372 g/mol. The van der Waals surface area contributed by atoms with E-state index in [0.29, 0.717) is 25.3 Å². The summed E-state index contributed by atoms with van der Waals surface area (Å²) in [5.41, 5.74) is 1.79. The van der Waals surface area contributed by atoms with Crippen LogP contribution in [0.2, 0.25) is 0 Å². The summed E-state index contributed by atoms with van der Waals surface area (Å²) in [6.45, 7) is 0.973. The Kier molecular flexibility index (Phi) is 5.69. The number of rotatable bonds is 8. The number of benzene rings is 1. The van der Waals surface area contributed by atoms with Crippen LogP contribution in [-0.4, -0.2) is 50.7 Å². The molecule has 0 amide bonds. The van der Waals surface area contributed by atoms with Crippen molar-refractivity contribution in [3.8, 4) is 0 Å². The fourth-order valence-electron chi connectivity index (χ4n) is 2.54. The smallest absolute Gasteiger partial charge is 0.211 e. The van der Waals surface area contributed by atoms with Crippen LogP contribution in [0.15, 0.2) is 54.7 Å². The van der Waals surface area contributed by atoms with Crippen LogP contribution in [0.4, 0.5) is 0 Å². The normalized spacial score (nSPS) is 11.8. The van der Waals surface area contributed by atoms with Crippen molar-refractivity contribution in [2.75, 3.05) is 12.8 Å². The molecule has 3 rings (SSSR count). The topological polar surface area (TPSA) is 93.9 Å². The lowest BCUT2D eigenvalue weighted by Gasteiger charge is -2.20. The third-order valence-electron chi connectivity index (χ3n) is 3.90. The van der Waals surface area contributed by atoms with Crippen LogP contribution in [0, 0.1) is 0 Å². The summed E-state index contributed by atoms with van der Waals surface area (Å²) >= 11 is 0. The highest BCUT2D eigenvalue weighted by atomic mass is 32.2. The summed E-state index contributed by atoms with van der Waals surface area (Å²) in [5, 5.41) is 11.7. The molecule has 0 radical (unpaired) electrons. The van der Waals surface area contributed by atoms with Gasteiger partial charge in [0.15, 0.2) is 5.82 Å². The first-order chi connectivity index (χ1) is 12.5. The van der Waals surface area contributed by atoms with Crippen molar-refractivity contribution >= 4 is 10.0 Å². The summed E-state index contributed by atoms with van der Waals surface area (Å²) in [6.07, 6.45) is 3.42. The first-order valence-corrected chi connectivity index (χ1v) is 10.0. The SMILES string of the molecule is CS(=O)(=O)N(CCn1nnnc1Cc1ccccn1)Cc1ccccc1. The van der Waals surface area contributed by atoms with Gasteiger partial charge < -0.3 is 0 Å². The molecule has 8 nitrogen and oxygen atoms in total. The van der Waals surface area contributed by atoms with Gasteiger partial charge in [-0.05, 0) is 28.1 Å². The number of sulfonamides is 1. The first kappa shape index (κ1) is 18.2. The standard InChI is InChI=1S/C17H20N6O2S/c1-26(24,25)22(14-15-7-3-2-4-8-15)11-12-23-17(19-20-21-23)13-16-9-5-6-10-18-16/h2-10H,11-14H2,1H3. The third-order valence-corrected chi connectivity index (χ3v) is 5.15. The summed E-state index contributed by atoms with van der Waals surface area (Å²) in [7, 11) is -3.35. The van der Waals surface area contributed by atoms with Gasteiger partial charge in [-0.1, -0.05) is 36.4 Å². The second-order valence-corrected chi connectivity index (χ2v) is 7.88. The van der Waals surface area contributed by atoms with E-state index in [9.17, 15) is 8.42 Å². The van der Waals surface area contributed by atoms with Crippen molar-refractivity contribution in [3.63, 3.8) is 0 Å². The van der Waals surface area contributed by atoms with E-state index in [0.717, 1.165) is 11.3 Å². The van der Waals surface area contributed by atoms with Crippen LogP contribution >= 0.6 is 0 Å². The molecule has 136 valence electrons. The van der Waals surface area contributed by atoms with Crippen molar-refractivity contribution < 1.29 is 8.42 Å². The minimum absolute atomic E-state index is 0.286. The molecule has 2 heterocycles. The fraction of sp³-hybridized carbons (Fsp3) is 0.294. The van der Waals surface area contributed by atoms with Crippen LogP contribution in [0.25, 0.3) is 0 Å². The Bertz CT molecular complexity index is 928. The molecule has 0 aliphatic carbocycles. The quantitative estimate of drug-likeness (QED) is 0.588. The summed E-state index contributed by atoms with van der Waals surface area (Å²) < 4.78 is 27.3. The number of hydrogen-bond donors (Lipinski definition) is 0. The fourth-order valence-corrected chi connectivity index (χ4v) is 3.34. The number of aromatic nitrogens is 5. The van der Waals surface area contributed by atoms with E-state index >= 15 is 0 Å². The third kappa shape index (κ3) is 4.93. The van der Waals surface area contributed by atoms with Gasteiger partial charge in [-0.25, -0.2) is 13.1 Å². The van der Waals surface area contributed by atoms with Gasteiger partial charge in [0.25, 0.3) is 0 Å². The molecule has 0 aliphatic rings. The molecule has 3 aromatic rings. The number of pyridine rings is 1. The molecule has 9 heteroatoms. The monoisotopic (exact) mass is 372 g/mol. The Morgan fingerprint density at radius 2 is 1.85 bits per heavy atom. The highest BCUT2D eigenvalue weighted by Gasteiger charge is 2.18. The molecule has 0 fully saturated rings. The van der Waals surface area contributed by atoms with Gasteiger partial charge in [0.05, 0.1) is 19.2 Å². The molecule has 26 heavy (non-hydrogen) atoms. The van der Waals surface area contributed by atoms with Crippen molar-refractivity contribution in [1.82, 2.24) is 29.5 Å². The lowest BCUT2D eigenvalue weighted by molar-refractivity contribution is 0.375. The molecule has 0 saturated carbocycles. The van der Waals surface area contributed by atoms with Gasteiger partial charge in [-0.2, -0.15) is 4.31 Å². The van der Waals surface area contributed by atoms with E-state index in [1.165, 1.54) is 10.6 Å². The molecule has 1 aromatic carbocycles. The van der Waals surface area contributed by atoms with Crippen LogP contribution in [0.1, 0.15) is 17.1 Å². The van der Waals surface area contributed by atoms with Crippen LogP contribution in [0.3, 0.4) is 0 Å². The minimum atomic E-state index is -3.35. The molecule has 0 aliphatic heterocycles. The lowest BCUT2D eigenvalue weighted by Crippen LogP contribution is -2.33. The van der Waals surface area contributed by atoms with Gasteiger partial charge in [0.1, 0.15) is 0 Å². The second-order valence-electron chi connectivity index (χ2n) is 5.90. The van der Waals surface area contributed by atoms with E-state index in [4.69, 9.17) is 0 Å². The van der Waals surface area contributed by atoms with E-state index in [1.54, 1.807) is 10.9 Å². The first-order valence-electron chi connectivity index (χ1n) is 8.16. The Balaban J connectivity index is 1.69. The predicted octanol–water partition coefficient (Wildman–Crippen LogP) is 1.12. The molecule has 0 spiro atoms. The van der Waals surface area contributed by atoms with Crippen molar-refractivity contribution in [3.05, 3.63) is 71.8 Å². The Labute approximate surface area is 152 Å². The Morgan fingerprint density at radius 1 is 1.08 bits per heavy atom. The van der Waals surface area contributed by atoms with Crippen molar-refractivity contribution in [2.45, 2.75) is 19.5 Å². The number of hydrogen-bond acceptors (Lipinski definition) is 6. The van der Waals surface area contributed by atoms with E-state index in [2.05, 4.69) is 20.5 Å². The highest BCUT2D eigenvalue weighted by Crippen LogP contribution is 2.09. The molecule has 0 atom stereocenters. The molecule has 0 bridgehead atoms. The Morgan fingerprint density at radius 3 is 2.54 bits per heavy atom. The minimum Gasteiger partial charge on any atom is -0.261 e. The van der Waals surface area contributed by atoms with Gasteiger partial charge in [0.2, 0.25) is 10.0 Å². The molecule has 0 unspecified atom stereocenters. The van der Waals surface area contributed by atoms with E-state index < -0.39 is 10.0 Å². The van der Waals surface area contributed by atoms with Crippen molar-refractivity contribution in [2.24, 2.45) is 0 Å². The molecular formula is C17H20N6O2S. The van der Waals surface area contributed by atoms with Crippen LogP contribution in [-0.2, 0) is 29.5 Å². The maximum Gasteiger partial charge on any atom is 0.211 e. The predicted molar refractivity (Wildman–Crippen MR) is 96.6 cm³/mol. The van der Waals surface area contributed by atoms with Gasteiger partial charge in [-0.3, -0.25) is 4.98 Å². The number of tetrazole rings is 1. The maximum atomic E-state index is 12.1. The zero-order chi connectivity index (χ0) is 18.4. The van der Waals surface area contributed by atoms with E-state index in [-0.39, 0.29) is 6.54 Å². The molecular weight excluding hydrogens is 352 g/mol. The highest BCUT2D eigenvalue weighted by molar-refractivity contribution is 7.88. The molecule has 2 aromatic heterocycles. The lowest BCUT2D eigenvalue weighted by atomic mass is 10.2. The number of nitrogens with zero attached hydrogens (tertiary/aromatic N) is 6. The maximum absolute atomic E-state index is 12.1.